The van der Waals surface area contributed by atoms with E-state index in [-0.39, 0.29) is 6.03 Å². The molecule has 1 aliphatic heterocycles. The van der Waals surface area contributed by atoms with Crippen molar-refractivity contribution in [3.8, 4) is 0 Å². The maximum absolute atomic E-state index is 6.17. The zero-order valence-corrected chi connectivity index (χ0v) is 15.2. The predicted molar refractivity (Wildman–Crippen MR) is 92.5 cm³/mol. The molecule has 0 saturated carbocycles. The zero-order chi connectivity index (χ0) is 14.9. The number of hydrogen-bond donors (Lipinski definition) is 0. The Hall–Kier alpha value is 0.350. The number of ether oxygens (including phenoxy) is 2. The molecule has 0 aromatic rings. The molecule has 1 heterocycles. The molecule has 122 valence electrons. The molecule has 0 aliphatic carbocycles. The third kappa shape index (κ3) is 4.68. The van der Waals surface area contributed by atoms with E-state index < -0.39 is 6.60 Å². The first-order valence-corrected chi connectivity index (χ1v) is 12.1. The van der Waals surface area contributed by atoms with E-state index in [0.717, 1.165) is 19.6 Å². The first-order valence-electron chi connectivity index (χ1n) is 8.82. The summed E-state index contributed by atoms with van der Waals surface area (Å²) >= 11 is 0. The summed E-state index contributed by atoms with van der Waals surface area (Å²) in [5.41, 5.74) is 0. The van der Waals surface area contributed by atoms with Gasteiger partial charge in [-0.2, -0.15) is 0 Å². The number of hydrogen-bond acceptors (Lipinski definition) is 2. The molecule has 0 bridgehead atoms. The van der Waals surface area contributed by atoms with Crippen molar-refractivity contribution in [1.82, 2.24) is 0 Å². The Morgan fingerprint density at radius 1 is 0.800 bits per heavy atom. The van der Waals surface area contributed by atoms with Crippen LogP contribution in [0.1, 0.15) is 65.7 Å². The third-order valence-electron chi connectivity index (χ3n) is 5.01. The van der Waals surface area contributed by atoms with Crippen LogP contribution < -0.4 is 0 Å². The second-order valence-corrected chi connectivity index (χ2v) is 13.7. The van der Waals surface area contributed by atoms with Gasteiger partial charge in [-0.25, -0.2) is 0 Å². The van der Waals surface area contributed by atoms with Gasteiger partial charge in [0.2, 0.25) is 0 Å². The Bertz CT molecular complexity index is 237. The van der Waals surface area contributed by atoms with Crippen LogP contribution >= 0.6 is 6.60 Å². The zero-order valence-electron chi connectivity index (χ0n) is 14.3. The first kappa shape index (κ1) is 18.4. The van der Waals surface area contributed by atoms with Gasteiger partial charge < -0.3 is 0 Å². The molecule has 0 N–H and O–H groups in total. The second kappa shape index (κ2) is 8.71. The first-order chi connectivity index (χ1) is 9.59. The van der Waals surface area contributed by atoms with E-state index >= 15 is 0 Å². The van der Waals surface area contributed by atoms with Crippen LogP contribution in [0.3, 0.4) is 0 Å². The average molecular weight is 304 g/mol. The molecule has 0 spiro atoms. The topological polar surface area (TPSA) is 18.5 Å². The van der Waals surface area contributed by atoms with Crippen LogP contribution in [-0.2, 0) is 9.47 Å². The standard InChI is InChI=1S/C17H37O2P/c1-5-8-14-20(4,15-9-6-2,16-10-7-3)17-18-12-11-13-19-17/h17H,5-16H2,1-4H3. The fourth-order valence-corrected chi connectivity index (χ4v) is 9.72. The number of rotatable bonds is 10. The van der Waals surface area contributed by atoms with E-state index in [0.29, 0.717) is 0 Å². The third-order valence-corrected chi connectivity index (χ3v) is 11.6. The molecular formula is C17H37O2P. The van der Waals surface area contributed by atoms with Crippen LogP contribution in [0.2, 0.25) is 0 Å². The monoisotopic (exact) mass is 304 g/mol. The van der Waals surface area contributed by atoms with E-state index in [4.69, 9.17) is 9.47 Å². The maximum atomic E-state index is 6.17. The Morgan fingerprint density at radius 2 is 1.20 bits per heavy atom. The molecule has 0 radical (unpaired) electrons. The van der Waals surface area contributed by atoms with Crippen LogP contribution in [-0.4, -0.2) is 44.4 Å². The van der Waals surface area contributed by atoms with E-state index in [9.17, 15) is 0 Å². The molecule has 3 heteroatoms. The normalized spacial score (nSPS) is 19.7. The molecule has 0 unspecified atom stereocenters. The minimum absolute atomic E-state index is 0.138. The van der Waals surface area contributed by atoms with Crippen molar-refractivity contribution in [2.24, 2.45) is 0 Å². The van der Waals surface area contributed by atoms with Gasteiger partial charge in [0, 0.05) is 0 Å². The summed E-state index contributed by atoms with van der Waals surface area (Å²) < 4.78 is 12.3. The van der Waals surface area contributed by atoms with Crippen molar-refractivity contribution < 1.29 is 9.47 Å². The Kier molecular flexibility index (Phi) is 8.01. The molecule has 0 aromatic heterocycles. The molecule has 1 saturated heterocycles. The summed E-state index contributed by atoms with van der Waals surface area (Å²) in [5.74, 6) is 0. The molecule has 2 nitrogen and oxygen atoms in total. The molecule has 0 aromatic carbocycles. The Morgan fingerprint density at radius 3 is 1.55 bits per heavy atom. The van der Waals surface area contributed by atoms with E-state index in [1.165, 1.54) is 57.0 Å². The summed E-state index contributed by atoms with van der Waals surface area (Å²) in [6.45, 7) is 9.44. The molecule has 0 amide bonds. The van der Waals surface area contributed by atoms with Crippen LogP contribution in [0.5, 0.6) is 0 Å². The van der Waals surface area contributed by atoms with Crippen molar-refractivity contribution >= 4 is 6.60 Å². The summed E-state index contributed by atoms with van der Waals surface area (Å²) in [6.07, 6.45) is 13.1. The summed E-state index contributed by atoms with van der Waals surface area (Å²) in [7, 11) is 0. The van der Waals surface area contributed by atoms with Crippen LogP contribution in [0, 0.1) is 0 Å². The predicted octanol–water partition coefficient (Wildman–Crippen LogP) is 5.29. The van der Waals surface area contributed by atoms with Crippen LogP contribution in [0.4, 0.5) is 0 Å². The van der Waals surface area contributed by atoms with Crippen LogP contribution in [0.25, 0.3) is 0 Å². The van der Waals surface area contributed by atoms with Crippen molar-refractivity contribution in [1.29, 1.82) is 0 Å². The van der Waals surface area contributed by atoms with Crippen molar-refractivity contribution in [3.05, 3.63) is 0 Å². The number of unbranched alkanes of at least 4 members (excludes halogenated alkanes) is 3. The fraction of sp³-hybridized carbons (Fsp3) is 1.00. The van der Waals surface area contributed by atoms with Gasteiger partial charge in [-0.05, 0) is 0 Å². The summed E-state index contributed by atoms with van der Waals surface area (Å²) in [4.78, 5) is 0. The summed E-state index contributed by atoms with van der Waals surface area (Å²) in [6, 6.07) is 0.138. The quantitative estimate of drug-likeness (QED) is 0.510. The Labute approximate surface area is 126 Å². The molecule has 20 heavy (non-hydrogen) atoms. The van der Waals surface area contributed by atoms with Crippen molar-refractivity contribution in [3.63, 3.8) is 0 Å². The summed E-state index contributed by atoms with van der Waals surface area (Å²) in [5, 5.41) is 0. The molecule has 0 atom stereocenters. The van der Waals surface area contributed by atoms with E-state index in [1.807, 2.05) is 0 Å². The van der Waals surface area contributed by atoms with Gasteiger partial charge in [0.1, 0.15) is 0 Å². The second-order valence-electron chi connectivity index (χ2n) is 7.06. The Balaban J connectivity index is 2.94. The van der Waals surface area contributed by atoms with Gasteiger partial charge >= 0.3 is 126 Å². The van der Waals surface area contributed by atoms with Gasteiger partial charge in [0.05, 0.1) is 0 Å². The molecule has 1 fully saturated rings. The van der Waals surface area contributed by atoms with Crippen molar-refractivity contribution in [2.45, 2.75) is 71.7 Å². The average Bonchev–Trinajstić information content (AvgIpc) is 2.50. The fourth-order valence-electron chi connectivity index (χ4n) is 3.49. The van der Waals surface area contributed by atoms with Gasteiger partial charge in [-0.1, -0.05) is 0 Å². The SMILES string of the molecule is CCCCP(C)(CCCC)(CCCC)C1OCCCO1. The van der Waals surface area contributed by atoms with E-state index in [1.54, 1.807) is 0 Å². The minimum atomic E-state index is -1.89. The van der Waals surface area contributed by atoms with E-state index in [2.05, 4.69) is 27.4 Å². The molecular weight excluding hydrogens is 267 g/mol. The van der Waals surface area contributed by atoms with Gasteiger partial charge in [-0.15, -0.1) is 0 Å². The van der Waals surface area contributed by atoms with Gasteiger partial charge in [-0.3, -0.25) is 0 Å². The molecule has 1 aliphatic rings. The molecule has 1 rings (SSSR count). The van der Waals surface area contributed by atoms with Crippen LogP contribution in [0.15, 0.2) is 0 Å². The van der Waals surface area contributed by atoms with Gasteiger partial charge in [0.15, 0.2) is 0 Å². The van der Waals surface area contributed by atoms with Gasteiger partial charge in [0.25, 0.3) is 0 Å². The van der Waals surface area contributed by atoms with Crippen molar-refractivity contribution in [2.75, 3.05) is 38.4 Å².